The van der Waals surface area contributed by atoms with Crippen LogP contribution in [-0.4, -0.2) is 29.6 Å². The van der Waals surface area contributed by atoms with E-state index >= 15 is 0 Å². The molecule has 1 unspecified atom stereocenters. The van der Waals surface area contributed by atoms with Crippen molar-refractivity contribution in [1.82, 2.24) is 5.32 Å². The fourth-order valence-corrected chi connectivity index (χ4v) is 1.92. The average molecular weight is 293 g/mol. The van der Waals surface area contributed by atoms with Crippen LogP contribution in [0.15, 0.2) is 24.3 Å². The number of rotatable bonds is 9. The first-order chi connectivity index (χ1) is 10.0. The molecule has 0 aliphatic heterocycles. The number of aliphatic carboxylic acids is 1. The first kappa shape index (κ1) is 17.0. The van der Waals surface area contributed by atoms with Gasteiger partial charge in [0.15, 0.2) is 6.61 Å². The van der Waals surface area contributed by atoms with Crippen molar-refractivity contribution in [2.45, 2.75) is 45.6 Å². The molecule has 0 spiro atoms. The van der Waals surface area contributed by atoms with Gasteiger partial charge in [-0.3, -0.25) is 9.59 Å². The molecule has 0 aliphatic carbocycles. The van der Waals surface area contributed by atoms with Crippen LogP contribution >= 0.6 is 0 Å². The van der Waals surface area contributed by atoms with Crippen molar-refractivity contribution in [3.05, 3.63) is 29.8 Å². The number of nitrogens with one attached hydrogen (secondary N) is 1. The Morgan fingerprint density at radius 1 is 1.29 bits per heavy atom. The van der Waals surface area contributed by atoms with Crippen LogP contribution in [0.5, 0.6) is 5.75 Å². The van der Waals surface area contributed by atoms with Gasteiger partial charge in [0.25, 0.3) is 5.91 Å². The number of carbonyl (C=O) groups excluding carboxylic acids is 1. The summed E-state index contributed by atoms with van der Waals surface area (Å²) in [6.07, 6.45) is 2.29. The van der Waals surface area contributed by atoms with E-state index in [9.17, 15) is 9.59 Å². The van der Waals surface area contributed by atoms with Crippen molar-refractivity contribution in [2.75, 3.05) is 6.61 Å². The summed E-state index contributed by atoms with van der Waals surface area (Å²) in [6, 6.07) is 7.59. The van der Waals surface area contributed by atoms with E-state index in [1.54, 1.807) is 0 Å². The molecule has 0 saturated heterocycles. The summed E-state index contributed by atoms with van der Waals surface area (Å²) >= 11 is 0. The molecule has 1 atom stereocenters. The summed E-state index contributed by atoms with van der Waals surface area (Å²) in [4.78, 5) is 22.1. The van der Waals surface area contributed by atoms with Crippen molar-refractivity contribution >= 4 is 11.9 Å². The SMILES string of the molecule is CCc1ccc(OCC(=O)NC(C)CCCC(=O)O)cc1. The van der Waals surface area contributed by atoms with Crippen molar-refractivity contribution in [3.63, 3.8) is 0 Å². The Kier molecular flexibility index (Phi) is 7.29. The third-order valence-corrected chi connectivity index (χ3v) is 3.14. The Bertz CT molecular complexity index is 456. The van der Waals surface area contributed by atoms with Gasteiger partial charge in [-0.1, -0.05) is 19.1 Å². The van der Waals surface area contributed by atoms with Crippen LogP contribution in [0.3, 0.4) is 0 Å². The third kappa shape index (κ3) is 7.34. The number of aryl methyl sites for hydroxylation is 1. The lowest BCUT2D eigenvalue weighted by molar-refractivity contribution is -0.137. The zero-order chi connectivity index (χ0) is 15.7. The van der Waals surface area contributed by atoms with Crippen LogP contribution in [0.2, 0.25) is 0 Å². The second-order valence-corrected chi connectivity index (χ2v) is 5.04. The Morgan fingerprint density at radius 3 is 2.52 bits per heavy atom. The molecule has 0 radical (unpaired) electrons. The predicted molar refractivity (Wildman–Crippen MR) is 80.4 cm³/mol. The Morgan fingerprint density at radius 2 is 1.95 bits per heavy atom. The second-order valence-electron chi connectivity index (χ2n) is 5.04. The van der Waals surface area contributed by atoms with Gasteiger partial charge in [-0.15, -0.1) is 0 Å². The summed E-state index contributed by atoms with van der Waals surface area (Å²) in [5, 5.41) is 11.3. The molecule has 0 aromatic heterocycles. The van der Waals surface area contributed by atoms with E-state index in [1.807, 2.05) is 31.2 Å². The summed E-state index contributed by atoms with van der Waals surface area (Å²) in [7, 11) is 0. The van der Waals surface area contributed by atoms with Crippen molar-refractivity contribution in [2.24, 2.45) is 0 Å². The highest BCUT2D eigenvalue weighted by Crippen LogP contribution is 2.12. The first-order valence-corrected chi connectivity index (χ1v) is 7.24. The van der Waals surface area contributed by atoms with E-state index in [-0.39, 0.29) is 25.0 Å². The predicted octanol–water partition coefficient (Wildman–Crippen LogP) is 2.39. The molecule has 116 valence electrons. The van der Waals surface area contributed by atoms with Gasteiger partial charge in [-0.25, -0.2) is 0 Å². The van der Waals surface area contributed by atoms with Gasteiger partial charge >= 0.3 is 5.97 Å². The normalized spacial score (nSPS) is 11.7. The molecular formula is C16H23NO4. The van der Waals surface area contributed by atoms with Crippen molar-refractivity contribution in [3.8, 4) is 5.75 Å². The highest BCUT2D eigenvalue weighted by atomic mass is 16.5. The molecule has 5 heteroatoms. The molecule has 1 aromatic carbocycles. The lowest BCUT2D eigenvalue weighted by Gasteiger charge is -2.13. The van der Waals surface area contributed by atoms with Gasteiger partial charge in [0.05, 0.1) is 0 Å². The molecule has 1 amide bonds. The van der Waals surface area contributed by atoms with Gasteiger partial charge < -0.3 is 15.2 Å². The van der Waals surface area contributed by atoms with E-state index in [0.29, 0.717) is 18.6 Å². The van der Waals surface area contributed by atoms with Crippen molar-refractivity contribution in [1.29, 1.82) is 0 Å². The molecule has 0 bridgehead atoms. The topological polar surface area (TPSA) is 75.6 Å². The smallest absolute Gasteiger partial charge is 0.303 e. The highest BCUT2D eigenvalue weighted by molar-refractivity contribution is 5.77. The number of carbonyl (C=O) groups is 2. The minimum atomic E-state index is -0.813. The molecular weight excluding hydrogens is 270 g/mol. The number of amides is 1. The fourth-order valence-electron chi connectivity index (χ4n) is 1.92. The first-order valence-electron chi connectivity index (χ1n) is 7.24. The maximum absolute atomic E-state index is 11.7. The van der Waals surface area contributed by atoms with E-state index in [1.165, 1.54) is 5.56 Å². The minimum absolute atomic E-state index is 0.0330. The molecule has 5 nitrogen and oxygen atoms in total. The molecule has 21 heavy (non-hydrogen) atoms. The summed E-state index contributed by atoms with van der Waals surface area (Å²) in [5.41, 5.74) is 1.22. The largest absolute Gasteiger partial charge is 0.484 e. The van der Waals surface area contributed by atoms with E-state index in [4.69, 9.17) is 9.84 Å². The van der Waals surface area contributed by atoms with Crippen LogP contribution in [0.25, 0.3) is 0 Å². The van der Waals surface area contributed by atoms with Crippen LogP contribution in [-0.2, 0) is 16.0 Å². The molecule has 1 aromatic rings. The Balaban J connectivity index is 2.24. The maximum Gasteiger partial charge on any atom is 0.303 e. The number of benzene rings is 1. The Labute approximate surface area is 125 Å². The number of ether oxygens (including phenoxy) is 1. The zero-order valence-corrected chi connectivity index (χ0v) is 12.6. The summed E-state index contributed by atoms with van der Waals surface area (Å²) < 4.78 is 5.40. The molecule has 2 N–H and O–H groups in total. The highest BCUT2D eigenvalue weighted by Gasteiger charge is 2.09. The second kappa shape index (κ2) is 9.00. The summed E-state index contributed by atoms with van der Waals surface area (Å²) in [5.74, 6) is -0.342. The van der Waals surface area contributed by atoms with Crippen molar-refractivity contribution < 1.29 is 19.4 Å². The van der Waals surface area contributed by atoms with Crippen LogP contribution in [0, 0.1) is 0 Å². The molecule has 0 saturated carbocycles. The number of hydrogen-bond donors (Lipinski definition) is 2. The van der Waals surface area contributed by atoms with E-state index in [2.05, 4.69) is 12.2 Å². The average Bonchev–Trinajstić information content (AvgIpc) is 2.45. The van der Waals surface area contributed by atoms with Gasteiger partial charge in [-0.2, -0.15) is 0 Å². The van der Waals surface area contributed by atoms with Crippen LogP contribution < -0.4 is 10.1 Å². The van der Waals surface area contributed by atoms with Gasteiger partial charge in [0.2, 0.25) is 0 Å². The molecule has 0 fully saturated rings. The zero-order valence-electron chi connectivity index (χ0n) is 12.6. The molecule has 0 aliphatic rings. The standard InChI is InChI=1S/C16H23NO4/c1-3-13-7-9-14(10-8-13)21-11-15(18)17-12(2)5-4-6-16(19)20/h7-10,12H,3-6,11H2,1-2H3,(H,17,18)(H,19,20). The minimum Gasteiger partial charge on any atom is -0.484 e. The van der Waals surface area contributed by atoms with Gasteiger partial charge in [-0.05, 0) is 43.9 Å². The lowest BCUT2D eigenvalue weighted by Crippen LogP contribution is -2.36. The molecule has 0 heterocycles. The van der Waals surface area contributed by atoms with Crippen LogP contribution in [0.1, 0.15) is 38.7 Å². The lowest BCUT2D eigenvalue weighted by atomic mass is 10.1. The van der Waals surface area contributed by atoms with E-state index < -0.39 is 5.97 Å². The van der Waals surface area contributed by atoms with Gasteiger partial charge in [0.1, 0.15) is 5.75 Å². The quantitative estimate of drug-likeness (QED) is 0.733. The van der Waals surface area contributed by atoms with Gasteiger partial charge in [0, 0.05) is 12.5 Å². The third-order valence-electron chi connectivity index (χ3n) is 3.14. The van der Waals surface area contributed by atoms with Crippen LogP contribution in [0.4, 0.5) is 0 Å². The number of carboxylic acids is 1. The Hall–Kier alpha value is -2.04. The number of hydrogen-bond acceptors (Lipinski definition) is 3. The van der Waals surface area contributed by atoms with E-state index in [0.717, 1.165) is 6.42 Å². The number of carboxylic acid groups (broad SMARTS) is 1. The molecule has 1 rings (SSSR count). The maximum atomic E-state index is 11.7. The monoisotopic (exact) mass is 293 g/mol. The fraction of sp³-hybridized carbons (Fsp3) is 0.500. The summed E-state index contributed by atoms with van der Waals surface area (Å²) in [6.45, 7) is 3.90.